The van der Waals surface area contributed by atoms with Gasteiger partial charge in [-0.2, -0.15) is 0 Å². The molecule has 2 amide bonds. The molecule has 0 aliphatic carbocycles. The lowest BCUT2D eigenvalue weighted by molar-refractivity contribution is -0.119. The molecule has 0 bridgehead atoms. The number of fused-ring (bicyclic) bond motifs is 1. The fraction of sp³-hybridized carbons (Fsp3) is 0.556. The van der Waals surface area contributed by atoms with Crippen LogP contribution in [0.25, 0.3) is 10.2 Å². The summed E-state index contributed by atoms with van der Waals surface area (Å²) in [5.41, 5.74) is 0. The first-order chi connectivity index (χ1) is 13.1. The molecule has 9 heteroatoms. The van der Waals surface area contributed by atoms with Crippen LogP contribution in [0.1, 0.15) is 31.6 Å². The molecule has 0 saturated carbocycles. The van der Waals surface area contributed by atoms with E-state index in [0.29, 0.717) is 25.4 Å². The molecule has 1 N–H and O–H groups in total. The van der Waals surface area contributed by atoms with E-state index in [4.69, 9.17) is 4.74 Å². The summed E-state index contributed by atoms with van der Waals surface area (Å²) in [7, 11) is 0. The molecule has 7 nitrogen and oxygen atoms in total. The highest BCUT2D eigenvalue weighted by Gasteiger charge is 2.24. The number of nitrogens with zero attached hydrogens (tertiary/aromatic N) is 3. The van der Waals surface area contributed by atoms with Crippen LogP contribution in [0.3, 0.4) is 0 Å². The molecule has 0 atom stereocenters. The highest BCUT2D eigenvalue weighted by Crippen LogP contribution is 2.30. The van der Waals surface area contributed by atoms with E-state index in [0.717, 1.165) is 34.5 Å². The number of nitrogens with one attached hydrogen (secondary N) is 1. The molecule has 146 valence electrons. The van der Waals surface area contributed by atoms with Crippen molar-refractivity contribution in [3.8, 4) is 0 Å². The third-order valence-corrected chi connectivity index (χ3v) is 6.61. The van der Waals surface area contributed by atoms with Gasteiger partial charge < -0.3 is 15.0 Å². The van der Waals surface area contributed by atoms with Crippen LogP contribution < -0.4 is 5.32 Å². The Bertz CT molecular complexity index is 803. The minimum absolute atomic E-state index is 0.00714. The van der Waals surface area contributed by atoms with Crippen LogP contribution in [0.15, 0.2) is 17.4 Å². The van der Waals surface area contributed by atoms with E-state index in [1.807, 2.05) is 0 Å². The van der Waals surface area contributed by atoms with Crippen molar-refractivity contribution >= 4 is 45.3 Å². The van der Waals surface area contributed by atoms with Crippen LogP contribution >= 0.6 is 23.1 Å². The lowest BCUT2D eigenvalue weighted by atomic mass is 10.1. The van der Waals surface area contributed by atoms with Gasteiger partial charge in [-0.1, -0.05) is 18.7 Å². The van der Waals surface area contributed by atoms with Crippen LogP contribution in [-0.4, -0.2) is 58.4 Å². The van der Waals surface area contributed by atoms with Gasteiger partial charge in [-0.05, 0) is 32.3 Å². The third-order valence-electron chi connectivity index (χ3n) is 4.42. The van der Waals surface area contributed by atoms with Crippen molar-refractivity contribution in [1.29, 1.82) is 0 Å². The van der Waals surface area contributed by atoms with E-state index < -0.39 is 0 Å². The standard InChI is InChI=1S/C18H24N4O3S2/c1-3-13-9-14-16(19-11-20-17(14)27-13)26-10-15(23)21-12-5-7-22(8-6-12)18(24)25-4-2/h9,11-12H,3-8,10H2,1-2H3,(H,21,23). The number of hydrogen-bond donors (Lipinski definition) is 1. The zero-order valence-electron chi connectivity index (χ0n) is 15.6. The average molecular weight is 409 g/mol. The Labute approximate surface area is 166 Å². The van der Waals surface area contributed by atoms with Crippen molar-refractivity contribution in [1.82, 2.24) is 20.2 Å². The maximum atomic E-state index is 12.3. The molecule has 1 aliphatic rings. The second-order valence-corrected chi connectivity index (χ2v) is 8.36. The molecule has 27 heavy (non-hydrogen) atoms. The molecule has 1 saturated heterocycles. The molecule has 1 aliphatic heterocycles. The molecule has 3 rings (SSSR count). The van der Waals surface area contributed by atoms with Crippen LogP contribution in [0.2, 0.25) is 0 Å². The Morgan fingerprint density at radius 1 is 1.33 bits per heavy atom. The molecule has 3 heterocycles. The summed E-state index contributed by atoms with van der Waals surface area (Å²) in [6.07, 6.45) is 3.75. The van der Waals surface area contributed by atoms with Crippen molar-refractivity contribution in [2.75, 3.05) is 25.4 Å². The first kappa shape index (κ1) is 19.9. The number of thioether (sulfide) groups is 1. The monoisotopic (exact) mass is 408 g/mol. The van der Waals surface area contributed by atoms with Crippen molar-refractivity contribution in [2.24, 2.45) is 0 Å². The van der Waals surface area contributed by atoms with Gasteiger partial charge in [0.25, 0.3) is 0 Å². The number of amides is 2. The Kier molecular flexibility index (Phi) is 6.89. The Morgan fingerprint density at radius 2 is 2.11 bits per heavy atom. The SMILES string of the molecule is CCOC(=O)N1CCC(NC(=O)CSc2ncnc3sc(CC)cc23)CC1. The number of rotatable bonds is 6. The molecule has 2 aromatic rings. The van der Waals surface area contributed by atoms with E-state index in [1.165, 1.54) is 16.6 Å². The van der Waals surface area contributed by atoms with E-state index >= 15 is 0 Å². The van der Waals surface area contributed by atoms with E-state index in [1.54, 1.807) is 29.5 Å². The minimum atomic E-state index is -0.271. The highest BCUT2D eigenvalue weighted by atomic mass is 32.2. The van der Waals surface area contributed by atoms with Gasteiger partial charge in [-0.15, -0.1) is 11.3 Å². The smallest absolute Gasteiger partial charge is 0.409 e. The second-order valence-electron chi connectivity index (χ2n) is 6.28. The fourth-order valence-electron chi connectivity index (χ4n) is 3.00. The topological polar surface area (TPSA) is 84.4 Å². The number of thiophene rings is 1. The first-order valence-electron chi connectivity index (χ1n) is 9.18. The number of carbonyl (C=O) groups excluding carboxylic acids is 2. The van der Waals surface area contributed by atoms with Gasteiger partial charge in [0.1, 0.15) is 16.2 Å². The Balaban J connectivity index is 1.48. The summed E-state index contributed by atoms with van der Waals surface area (Å²) in [6, 6.07) is 2.22. The largest absolute Gasteiger partial charge is 0.450 e. The lowest BCUT2D eigenvalue weighted by Gasteiger charge is -2.31. The number of likely N-dealkylation sites (tertiary alicyclic amines) is 1. The van der Waals surface area contributed by atoms with Gasteiger partial charge >= 0.3 is 6.09 Å². The number of hydrogen-bond acceptors (Lipinski definition) is 7. The summed E-state index contributed by atoms with van der Waals surface area (Å²) in [5, 5.41) is 4.94. The zero-order chi connectivity index (χ0) is 19.2. The number of aromatic nitrogens is 2. The molecular weight excluding hydrogens is 384 g/mol. The highest BCUT2D eigenvalue weighted by molar-refractivity contribution is 8.00. The Hall–Kier alpha value is -1.87. The normalized spacial score (nSPS) is 15.1. The van der Waals surface area contributed by atoms with Gasteiger partial charge in [0.2, 0.25) is 5.91 Å². The predicted octanol–water partition coefficient (Wildman–Crippen LogP) is 3.08. The molecule has 0 radical (unpaired) electrons. The van der Waals surface area contributed by atoms with Crippen LogP contribution in [0.5, 0.6) is 0 Å². The molecule has 0 aromatic carbocycles. The number of carbonyl (C=O) groups is 2. The van der Waals surface area contributed by atoms with Gasteiger partial charge in [0.15, 0.2) is 0 Å². The zero-order valence-corrected chi connectivity index (χ0v) is 17.2. The average Bonchev–Trinajstić information content (AvgIpc) is 3.11. The van der Waals surface area contributed by atoms with Crippen molar-refractivity contribution in [3.05, 3.63) is 17.3 Å². The minimum Gasteiger partial charge on any atom is -0.450 e. The summed E-state index contributed by atoms with van der Waals surface area (Å²) >= 11 is 3.11. The molecule has 2 aromatic heterocycles. The summed E-state index contributed by atoms with van der Waals surface area (Å²) in [6.45, 7) is 5.52. The quantitative estimate of drug-likeness (QED) is 0.584. The maximum Gasteiger partial charge on any atom is 0.409 e. The molecular formula is C18H24N4O3S2. The van der Waals surface area contributed by atoms with Gasteiger partial charge in [0.05, 0.1) is 12.4 Å². The van der Waals surface area contributed by atoms with E-state index in [9.17, 15) is 9.59 Å². The summed E-state index contributed by atoms with van der Waals surface area (Å²) < 4.78 is 5.02. The third kappa shape index (κ3) is 5.10. The first-order valence-corrected chi connectivity index (χ1v) is 11.0. The number of aryl methyl sites for hydroxylation is 1. The van der Waals surface area contributed by atoms with Crippen LogP contribution in [0.4, 0.5) is 4.79 Å². The maximum absolute atomic E-state index is 12.3. The predicted molar refractivity (Wildman–Crippen MR) is 107 cm³/mol. The summed E-state index contributed by atoms with van der Waals surface area (Å²) in [5.74, 6) is 0.314. The van der Waals surface area contributed by atoms with Gasteiger partial charge in [-0.25, -0.2) is 14.8 Å². The summed E-state index contributed by atoms with van der Waals surface area (Å²) in [4.78, 5) is 36.6. The van der Waals surface area contributed by atoms with Crippen LogP contribution in [-0.2, 0) is 16.0 Å². The van der Waals surface area contributed by atoms with E-state index in [-0.39, 0.29) is 18.0 Å². The van der Waals surface area contributed by atoms with Gasteiger partial charge in [0, 0.05) is 29.4 Å². The van der Waals surface area contributed by atoms with Gasteiger partial charge in [-0.3, -0.25) is 4.79 Å². The molecule has 1 fully saturated rings. The van der Waals surface area contributed by atoms with Crippen molar-refractivity contribution in [3.63, 3.8) is 0 Å². The van der Waals surface area contributed by atoms with Crippen LogP contribution in [0, 0.1) is 0 Å². The molecule has 0 unspecified atom stereocenters. The molecule has 0 spiro atoms. The van der Waals surface area contributed by atoms with Crippen molar-refractivity contribution in [2.45, 2.75) is 44.2 Å². The fourth-order valence-corrected chi connectivity index (χ4v) is 4.78. The lowest BCUT2D eigenvalue weighted by Crippen LogP contribution is -2.47. The second kappa shape index (κ2) is 9.36. The Morgan fingerprint density at radius 3 is 2.81 bits per heavy atom. The van der Waals surface area contributed by atoms with E-state index in [2.05, 4.69) is 28.3 Å². The van der Waals surface area contributed by atoms with Crippen molar-refractivity contribution < 1.29 is 14.3 Å². The number of ether oxygens (including phenoxy) is 1. The number of piperidine rings is 1.